The summed E-state index contributed by atoms with van der Waals surface area (Å²) in [5.74, 6) is -1.11. The first-order valence-corrected chi connectivity index (χ1v) is 9.67. The topological polar surface area (TPSA) is 84.9 Å². The molecule has 1 saturated heterocycles. The number of piperidine rings is 1. The van der Waals surface area contributed by atoms with Gasteiger partial charge in [0.2, 0.25) is 0 Å². The molecule has 1 aromatic carbocycles. The van der Waals surface area contributed by atoms with Crippen molar-refractivity contribution in [1.82, 2.24) is 10.2 Å². The molecule has 1 aliphatic heterocycles. The molecule has 28 heavy (non-hydrogen) atoms. The van der Waals surface area contributed by atoms with Crippen LogP contribution in [0.5, 0.6) is 0 Å². The number of ether oxygens (including phenoxy) is 2. The van der Waals surface area contributed by atoms with Crippen molar-refractivity contribution < 1.29 is 23.9 Å². The molecule has 2 amide bonds. The first-order chi connectivity index (χ1) is 13.1. The number of halogens is 1. The fourth-order valence-corrected chi connectivity index (χ4v) is 2.99. The van der Waals surface area contributed by atoms with Crippen LogP contribution in [0.3, 0.4) is 0 Å². The molecule has 8 heteroatoms. The van der Waals surface area contributed by atoms with Crippen LogP contribution in [0.2, 0.25) is 5.02 Å². The summed E-state index contributed by atoms with van der Waals surface area (Å²) in [6.45, 7) is 6.27. The molecule has 1 aromatic rings. The number of hydrogen-bond acceptors (Lipinski definition) is 5. The van der Waals surface area contributed by atoms with E-state index in [2.05, 4.69) is 5.32 Å². The van der Waals surface area contributed by atoms with Crippen LogP contribution in [0.15, 0.2) is 24.3 Å². The van der Waals surface area contributed by atoms with Crippen molar-refractivity contribution in [2.24, 2.45) is 5.92 Å². The van der Waals surface area contributed by atoms with Gasteiger partial charge in [0.1, 0.15) is 5.60 Å². The Hall–Kier alpha value is -2.28. The van der Waals surface area contributed by atoms with E-state index in [0.717, 1.165) is 5.56 Å². The largest absolute Gasteiger partial charge is 0.455 e. The van der Waals surface area contributed by atoms with Crippen LogP contribution in [0.25, 0.3) is 0 Å². The van der Waals surface area contributed by atoms with Crippen molar-refractivity contribution in [3.8, 4) is 0 Å². The SMILES string of the molecule is CC(C)(C)OC(=O)N1CCC(C(=O)OCC(=O)NCc2cccc(Cl)c2)CC1. The van der Waals surface area contributed by atoms with E-state index in [1.165, 1.54) is 0 Å². The van der Waals surface area contributed by atoms with Gasteiger partial charge in [0.15, 0.2) is 6.61 Å². The van der Waals surface area contributed by atoms with E-state index in [1.807, 2.05) is 26.8 Å². The number of likely N-dealkylation sites (tertiary alicyclic amines) is 1. The monoisotopic (exact) mass is 410 g/mol. The van der Waals surface area contributed by atoms with Gasteiger partial charge in [0.25, 0.3) is 5.91 Å². The zero-order chi connectivity index (χ0) is 20.7. The minimum Gasteiger partial charge on any atom is -0.455 e. The van der Waals surface area contributed by atoms with E-state index in [0.29, 0.717) is 37.5 Å². The van der Waals surface area contributed by atoms with Crippen LogP contribution in [0, 0.1) is 5.92 Å². The van der Waals surface area contributed by atoms with Gasteiger partial charge in [-0.1, -0.05) is 23.7 Å². The highest BCUT2D eigenvalue weighted by atomic mass is 35.5. The summed E-state index contributed by atoms with van der Waals surface area (Å²) in [7, 11) is 0. The summed E-state index contributed by atoms with van der Waals surface area (Å²) in [6.07, 6.45) is 0.601. The fourth-order valence-electron chi connectivity index (χ4n) is 2.78. The predicted molar refractivity (Wildman–Crippen MR) is 105 cm³/mol. The lowest BCUT2D eigenvalue weighted by atomic mass is 9.97. The Labute approximate surface area is 170 Å². The molecular formula is C20H27ClN2O5. The maximum Gasteiger partial charge on any atom is 0.410 e. The van der Waals surface area contributed by atoms with Gasteiger partial charge >= 0.3 is 12.1 Å². The summed E-state index contributed by atoms with van der Waals surface area (Å²) in [5.41, 5.74) is 0.312. The van der Waals surface area contributed by atoms with Gasteiger partial charge in [-0.2, -0.15) is 0 Å². The lowest BCUT2D eigenvalue weighted by molar-refractivity contribution is -0.154. The number of nitrogens with one attached hydrogen (secondary N) is 1. The fraction of sp³-hybridized carbons (Fsp3) is 0.550. The normalized spacial score (nSPS) is 15.1. The molecule has 0 aromatic heterocycles. The average molecular weight is 411 g/mol. The number of rotatable bonds is 5. The van der Waals surface area contributed by atoms with Crippen molar-refractivity contribution in [1.29, 1.82) is 0 Å². The summed E-state index contributed by atoms with van der Waals surface area (Å²) >= 11 is 5.90. The molecule has 0 aliphatic carbocycles. The van der Waals surface area contributed by atoms with E-state index in [-0.39, 0.29) is 24.5 Å². The highest BCUT2D eigenvalue weighted by Crippen LogP contribution is 2.20. The van der Waals surface area contributed by atoms with Crippen LogP contribution in [0.4, 0.5) is 4.79 Å². The summed E-state index contributed by atoms with van der Waals surface area (Å²) in [5, 5.41) is 3.28. The van der Waals surface area contributed by atoms with E-state index in [4.69, 9.17) is 21.1 Å². The second-order valence-corrected chi connectivity index (χ2v) is 8.19. The zero-order valence-corrected chi connectivity index (χ0v) is 17.3. The van der Waals surface area contributed by atoms with Gasteiger partial charge in [-0.3, -0.25) is 9.59 Å². The zero-order valence-electron chi connectivity index (χ0n) is 16.5. The Balaban J connectivity index is 1.68. The molecule has 1 fully saturated rings. The van der Waals surface area contributed by atoms with Gasteiger partial charge in [-0.15, -0.1) is 0 Å². The average Bonchev–Trinajstić information content (AvgIpc) is 2.63. The van der Waals surface area contributed by atoms with Crippen molar-refractivity contribution in [3.05, 3.63) is 34.9 Å². The third-order valence-corrected chi connectivity index (χ3v) is 4.44. The third kappa shape index (κ3) is 7.38. The van der Waals surface area contributed by atoms with E-state index in [1.54, 1.807) is 23.1 Å². The van der Waals surface area contributed by atoms with Gasteiger partial charge in [-0.25, -0.2) is 4.79 Å². The molecule has 2 rings (SSSR count). The van der Waals surface area contributed by atoms with Crippen LogP contribution in [-0.2, 0) is 25.6 Å². The predicted octanol–water partition coefficient (Wildman–Crippen LogP) is 3.15. The molecule has 1 aliphatic rings. The van der Waals surface area contributed by atoms with Crippen LogP contribution in [-0.4, -0.2) is 48.2 Å². The second-order valence-electron chi connectivity index (χ2n) is 7.76. The maximum atomic E-state index is 12.2. The van der Waals surface area contributed by atoms with E-state index >= 15 is 0 Å². The number of amides is 2. The van der Waals surface area contributed by atoms with Gasteiger partial charge in [0, 0.05) is 24.7 Å². The second kappa shape index (κ2) is 9.78. The molecule has 0 spiro atoms. The van der Waals surface area contributed by atoms with Crippen molar-refractivity contribution in [2.75, 3.05) is 19.7 Å². The Bertz CT molecular complexity index is 709. The molecule has 0 radical (unpaired) electrons. The number of carbonyl (C=O) groups is 3. The van der Waals surface area contributed by atoms with E-state index < -0.39 is 11.6 Å². The molecule has 0 saturated carbocycles. The summed E-state index contributed by atoms with van der Waals surface area (Å²) in [6, 6.07) is 7.15. The summed E-state index contributed by atoms with van der Waals surface area (Å²) in [4.78, 5) is 37.7. The van der Waals surface area contributed by atoms with Crippen LogP contribution >= 0.6 is 11.6 Å². The maximum absolute atomic E-state index is 12.2. The van der Waals surface area contributed by atoms with Crippen molar-refractivity contribution in [2.45, 2.75) is 45.8 Å². The van der Waals surface area contributed by atoms with Gasteiger partial charge < -0.3 is 19.7 Å². The number of esters is 1. The smallest absolute Gasteiger partial charge is 0.410 e. The molecule has 1 heterocycles. The Morgan fingerprint density at radius 3 is 2.50 bits per heavy atom. The van der Waals surface area contributed by atoms with Crippen molar-refractivity contribution >= 4 is 29.6 Å². The van der Waals surface area contributed by atoms with Gasteiger partial charge in [0.05, 0.1) is 5.92 Å². The summed E-state index contributed by atoms with van der Waals surface area (Å²) < 4.78 is 10.5. The number of nitrogens with zero attached hydrogens (tertiary/aromatic N) is 1. The Kier molecular flexibility index (Phi) is 7.69. The number of hydrogen-bond donors (Lipinski definition) is 1. The minimum atomic E-state index is -0.550. The standard InChI is InChI=1S/C20H27ClN2O5/c1-20(2,3)28-19(26)23-9-7-15(8-10-23)18(25)27-13-17(24)22-12-14-5-4-6-16(21)11-14/h4-6,11,15H,7-10,12-13H2,1-3H3,(H,22,24). The quantitative estimate of drug-likeness (QED) is 0.753. The van der Waals surface area contributed by atoms with Crippen LogP contribution in [0.1, 0.15) is 39.2 Å². The highest BCUT2D eigenvalue weighted by Gasteiger charge is 2.30. The molecule has 1 N–H and O–H groups in total. The van der Waals surface area contributed by atoms with Gasteiger partial charge in [-0.05, 0) is 51.3 Å². The minimum absolute atomic E-state index is 0.311. The Morgan fingerprint density at radius 2 is 1.89 bits per heavy atom. The Morgan fingerprint density at radius 1 is 1.21 bits per heavy atom. The molecule has 7 nitrogen and oxygen atoms in total. The molecule has 0 atom stereocenters. The van der Waals surface area contributed by atoms with Crippen molar-refractivity contribution in [3.63, 3.8) is 0 Å². The molecule has 0 bridgehead atoms. The first-order valence-electron chi connectivity index (χ1n) is 9.30. The highest BCUT2D eigenvalue weighted by molar-refractivity contribution is 6.30. The lowest BCUT2D eigenvalue weighted by Gasteiger charge is -2.32. The molecule has 0 unspecified atom stereocenters. The first kappa shape index (κ1) is 22.0. The molecular weight excluding hydrogens is 384 g/mol. The molecule has 154 valence electrons. The number of benzene rings is 1. The number of carbonyl (C=O) groups excluding carboxylic acids is 3. The van der Waals surface area contributed by atoms with Crippen LogP contribution < -0.4 is 5.32 Å². The lowest BCUT2D eigenvalue weighted by Crippen LogP contribution is -2.43. The third-order valence-electron chi connectivity index (χ3n) is 4.20. The van der Waals surface area contributed by atoms with E-state index in [9.17, 15) is 14.4 Å².